The Morgan fingerprint density at radius 1 is 0.619 bits per heavy atom. The summed E-state index contributed by atoms with van der Waals surface area (Å²) >= 11 is 0. The lowest BCUT2D eigenvalue weighted by atomic mass is 9.52. The summed E-state index contributed by atoms with van der Waals surface area (Å²) in [4.78, 5) is 0. The smallest absolute Gasteiger partial charge is 0.0680 e. The summed E-state index contributed by atoms with van der Waals surface area (Å²) in [6, 6.07) is 0. The van der Waals surface area contributed by atoms with Gasteiger partial charge in [-0.2, -0.15) is 0 Å². The van der Waals surface area contributed by atoms with Gasteiger partial charge in [0, 0.05) is 6.42 Å². The van der Waals surface area contributed by atoms with Crippen LogP contribution in [0.1, 0.15) is 57.8 Å². The van der Waals surface area contributed by atoms with Crippen LogP contribution in [0.5, 0.6) is 0 Å². The summed E-state index contributed by atoms with van der Waals surface area (Å²) < 4.78 is 0. The summed E-state index contributed by atoms with van der Waals surface area (Å²) in [5, 5.41) is 38.7. The lowest BCUT2D eigenvalue weighted by Crippen LogP contribution is -2.58. The van der Waals surface area contributed by atoms with E-state index in [1.165, 1.54) is 6.42 Å². The van der Waals surface area contributed by atoms with E-state index in [4.69, 9.17) is 0 Å². The molecule has 6 fully saturated rings. The highest BCUT2D eigenvalue weighted by atomic mass is 16.3. The number of aliphatic hydroxyl groups excluding tert-OH is 2. The van der Waals surface area contributed by atoms with Gasteiger partial charge in [-0.25, -0.2) is 0 Å². The SMILES string of the molecule is OC12CC3CC(C1)CC(O)(C3)C2.OC1CC2CC1CC2O. The molecule has 0 aromatic rings. The van der Waals surface area contributed by atoms with Gasteiger partial charge in [0.05, 0.1) is 23.4 Å². The van der Waals surface area contributed by atoms with E-state index in [1.54, 1.807) is 0 Å². The molecule has 0 spiro atoms. The molecule has 4 N–H and O–H groups in total. The molecular formula is C17H28O4. The van der Waals surface area contributed by atoms with Crippen molar-refractivity contribution in [3.63, 3.8) is 0 Å². The lowest BCUT2D eigenvalue weighted by molar-refractivity contribution is -0.198. The van der Waals surface area contributed by atoms with Gasteiger partial charge in [0.2, 0.25) is 0 Å². The maximum atomic E-state index is 10.1. The van der Waals surface area contributed by atoms with Crippen molar-refractivity contribution in [3.05, 3.63) is 0 Å². The first-order chi connectivity index (χ1) is 9.84. The van der Waals surface area contributed by atoms with Crippen LogP contribution in [0.2, 0.25) is 0 Å². The molecule has 0 heterocycles. The first-order valence-corrected chi connectivity index (χ1v) is 8.65. The van der Waals surface area contributed by atoms with Crippen LogP contribution in [0.25, 0.3) is 0 Å². The van der Waals surface area contributed by atoms with Crippen LogP contribution in [0.15, 0.2) is 0 Å². The second kappa shape index (κ2) is 4.67. The Labute approximate surface area is 126 Å². The van der Waals surface area contributed by atoms with E-state index in [2.05, 4.69) is 0 Å². The van der Waals surface area contributed by atoms with Crippen LogP contribution >= 0.6 is 0 Å². The zero-order valence-corrected chi connectivity index (χ0v) is 12.6. The molecule has 0 aromatic heterocycles. The highest BCUT2D eigenvalue weighted by molar-refractivity contribution is 5.08. The van der Waals surface area contributed by atoms with E-state index in [0.29, 0.717) is 30.1 Å². The Morgan fingerprint density at radius 3 is 1.33 bits per heavy atom. The highest BCUT2D eigenvalue weighted by Crippen LogP contribution is 2.57. The maximum absolute atomic E-state index is 10.1. The lowest BCUT2D eigenvalue weighted by Gasteiger charge is -2.58. The van der Waals surface area contributed by atoms with Crippen molar-refractivity contribution >= 4 is 0 Å². The summed E-state index contributed by atoms with van der Waals surface area (Å²) in [6.45, 7) is 0. The van der Waals surface area contributed by atoms with Gasteiger partial charge >= 0.3 is 0 Å². The minimum Gasteiger partial charge on any atom is -0.393 e. The summed E-state index contributed by atoms with van der Waals surface area (Å²) in [5.74, 6) is 2.07. The van der Waals surface area contributed by atoms with Crippen molar-refractivity contribution < 1.29 is 20.4 Å². The Balaban J connectivity index is 0.000000115. The number of aliphatic hydroxyl groups is 4. The van der Waals surface area contributed by atoms with E-state index < -0.39 is 11.2 Å². The van der Waals surface area contributed by atoms with Crippen LogP contribution in [0.4, 0.5) is 0 Å². The Bertz CT molecular complexity index is 371. The van der Waals surface area contributed by atoms with Crippen LogP contribution in [0, 0.1) is 23.7 Å². The Kier molecular flexibility index (Phi) is 3.21. The second-order valence-electron chi connectivity index (χ2n) is 8.77. The average molecular weight is 296 g/mol. The second-order valence-corrected chi connectivity index (χ2v) is 8.77. The van der Waals surface area contributed by atoms with E-state index in [0.717, 1.165) is 44.9 Å². The predicted molar refractivity (Wildman–Crippen MR) is 77.4 cm³/mol. The molecule has 4 atom stereocenters. The van der Waals surface area contributed by atoms with Crippen LogP contribution in [-0.2, 0) is 0 Å². The van der Waals surface area contributed by atoms with Gasteiger partial charge in [-0.1, -0.05) is 0 Å². The van der Waals surface area contributed by atoms with Gasteiger partial charge in [0.15, 0.2) is 0 Å². The molecule has 0 amide bonds. The number of hydrogen-bond donors (Lipinski definition) is 4. The van der Waals surface area contributed by atoms with Crippen LogP contribution in [-0.4, -0.2) is 43.8 Å². The molecule has 0 aliphatic heterocycles. The molecule has 6 rings (SSSR count). The summed E-state index contributed by atoms with van der Waals surface area (Å²) in [5.41, 5.74) is -0.975. The third-order valence-corrected chi connectivity index (χ3v) is 6.78. The van der Waals surface area contributed by atoms with Gasteiger partial charge in [0.25, 0.3) is 0 Å². The van der Waals surface area contributed by atoms with Crippen molar-refractivity contribution in [2.24, 2.45) is 23.7 Å². The molecule has 4 unspecified atom stereocenters. The molecule has 4 nitrogen and oxygen atoms in total. The zero-order valence-electron chi connectivity index (χ0n) is 12.6. The van der Waals surface area contributed by atoms with Crippen molar-refractivity contribution in [3.8, 4) is 0 Å². The fourth-order valence-electron chi connectivity index (χ4n) is 6.38. The van der Waals surface area contributed by atoms with Gasteiger partial charge in [-0.15, -0.1) is 0 Å². The van der Waals surface area contributed by atoms with Crippen LogP contribution in [0.3, 0.4) is 0 Å². The highest BCUT2D eigenvalue weighted by Gasteiger charge is 2.56. The number of fused-ring (bicyclic) bond motifs is 2. The van der Waals surface area contributed by atoms with Crippen molar-refractivity contribution in [1.29, 1.82) is 0 Å². The van der Waals surface area contributed by atoms with Gasteiger partial charge < -0.3 is 20.4 Å². The van der Waals surface area contributed by atoms with E-state index in [1.807, 2.05) is 0 Å². The first-order valence-electron chi connectivity index (χ1n) is 8.65. The van der Waals surface area contributed by atoms with E-state index in [9.17, 15) is 20.4 Å². The van der Waals surface area contributed by atoms with Crippen molar-refractivity contribution in [1.82, 2.24) is 0 Å². The number of rotatable bonds is 0. The first kappa shape index (κ1) is 14.4. The van der Waals surface area contributed by atoms with Gasteiger partial charge in [-0.3, -0.25) is 0 Å². The molecule has 6 aliphatic carbocycles. The monoisotopic (exact) mass is 296 g/mol. The number of hydrogen-bond acceptors (Lipinski definition) is 4. The predicted octanol–water partition coefficient (Wildman–Crippen LogP) is 1.20. The molecule has 4 heteroatoms. The van der Waals surface area contributed by atoms with Gasteiger partial charge in [0.1, 0.15) is 0 Å². The molecule has 120 valence electrons. The normalized spacial score (nSPS) is 60.0. The largest absolute Gasteiger partial charge is 0.393 e. The Morgan fingerprint density at radius 2 is 1.05 bits per heavy atom. The topological polar surface area (TPSA) is 80.9 Å². The molecule has 0 aromatic carbocycles. The molecule has 6 bridgehead atoms. The summed E-state index contributed by atoms with van der Waals surface area (Å²) in [7, 11) is 0. The fraction of sp³-hybridized carbons (Fsp3) is 1.00. The van der Waals surface area contributed by atoms with E-state index in [-0.39, 0.29) is 12.2 Å². The third-order valence-electron chi connectivity index (χ3n) is 6.78. The quantitative estimate of drug-likeness (QED) is 0.541. The van der Waals surface area contributed by atoms with E-state index >= 15 is 0 Å². The Hall–Kier alpha value is -0.160. The molecular weight excluding hydrogens is 268 g/mol. The van der Waals surface area contributed by atoms with Crippen molar-refractivity contribution in [2.45, 2.75) is 81.2 Å². The maximum Gasteiger partial charge on any atom is 0.0680 e. The van der Waals surface area contributed by atoms with Crippen LogP contribution < -0.4 is 0 Å². The van der Waals surface area contributed by atoms with Crippen molar-refractivity contribution in [2.75, 3.05) is 0 Å². The standard InChI is InChI=1S/C10H16O2.C7H12O2/c11-9-2-7-1-8(4-9)5-10(12,3-7)6-9;8-6-2-4-1-5(6)3-7(4)9/h7-8,11-12H,1-6H2;4-9H,1-3H2. The minimum absolute atomic E-state index is 0.0987. The molecule has 0 saturated heterocycles. The molecule has 6 saturated carbocycles. The van der Waals surface area contributed by atoms with Gasteiger partial charge in [-0.05, 0) is 75.0 Å². The molecule has 21 heavy (non-hydrogen) atoms. The molecule has 6 aliphatic rings. The third kappa shape index (κ3) is 2.54. The average Bonchev–Trinajstić information content (AvgIpc) is 2.82. The zero-order chi connectivity index (χ0) is 14.8. The fourth-order valence-corrected chi connectivity index (χ4v) is 6.38. The minimum atomic E-state index is -0.487. The summed E-state index contributed by atoms with van der Waals surface area (Å²) in [6.07, 6.45) is 8.24. The molecule has 0 radical (unpaired) electrons.